The number of rotatable bonds is 4. The van der Waals surface area contributed by atoms with E-state index in [4.69, 9.17) is 32.9 Å². The van der Waals surface area contributed by atoms with Gasteiger partial charge in [0.25, 0.3) is 0 Å². The average Bonchev–Trinajstić information content (AvgIpc) is 3.13. The van der Waals surface area contributed by atoms with Crippen molar-refractivity contribution >= 4 is 46.3 Å². The van der Waals surface area contributed by atoms with Gasteiger partial charge in [0.15, 0.2) is 0 Å². The van der Waals surface area contributed by atoms with Gasteiger partial charge in [-0.25, -0.2) is 9.78 Å². The Morgan fingerprint density at radius 3 is 2.55 bits per heavy atom. The summed E-state index contributed by atoms with van der Waals surface area (Å²) < 4.78 is 7.75. The Morgan fingerprint density at radius 2 is 1.85 bits per heavy atom. The van der Waals surface area contributed by atoms with Crippen molar-refractivity contribution in [2.24, 2.45) is 0 Å². The van der Waals surface area contributed by atoms with Crippen molar-refractivity contribution in [1.29, 1.82) is 0 Å². The molecule has 2 heterocycles. The first kappa shape index (κ1) is 23.7. The van der Waals surface area contributed by atoms with Gasteiger partial charge in [0, 0.05) is 35.7 Å². The zero-order valence-corrected chi connectivity index (χ0v) is 21.0. The van der Waals surface area contributed by atoms with Gasteiger partial charge in [0.1, 0.15) is 5.60 Å². The maximum absolute atomic E-state index is 12.7. The van der Waals surface area contributed by atoms with E-state index in [1.54, 1.807) is 4.90 Å². The average molecular weight is 489 g/mol. The van der Waals surface area contributed by atoms with E-state index in [9.17, 15) is 4.79 Å². The van der Waals surface area contributed by atoms with Crippen LogP contribution in [-0.2, 0) is 11.3 Å². The zero-order valence-electron chi connectivity index (χ0n) is 19.5. The van der Waals surface area contributed by atoms with Crippen LogP contribution in [0.3, 0.4) is 0 Å². The number of anilines is 1. The lowest BCUT2D eigenvalue weighted by Crippen LogP contribution is -2.50. The molecule has 0 N–H and O–H groups in total. The van der Waals surface area contributed by atoms with Crippen molar-refractivity contribution < 1.29 is 9.53 Å². The minimum Gasteiger partial charge on any atom is -0.444 e. The summed E-state index contributed by atoms with van der Waals surface area (Å²) in [6.07, 6.45) is 1.57. The van der Waals surface area contributed by atoms with E-state index in [1.807, 2.05) is 64.2 Å². The molecule has 2 aromatic carbocycles. The molecule has 1 aromatic heterocycles. The van der Waals surface area contributed by atoms with Crippen molar-refractivity contribution in [3.8, 4) is 0 Å². The number of ether oxygens (including phenoxy) is 1. The quantitative estimate of drug-likeness (QED) is 0.436. The third-order valence-corrected chi connectivity index (χ3v) is 6.63. The van der Waals surface area contributed by atoms with Crippen molar-refractivity contribution in [3.63, 3.8) is 0 Å². The number of para-hydroxylation sites is 2. The molecule has 8 heteroatoms. The van der Waals surface area contributed by atoms with E-state index >= 15 is 0 Å². The predicted octanol–water partition coefficient (Wildman–Crippen LogP) is 6.23. The molecule has 1 aliphatic heterocycles. The lowest BCUT2D eigenvalue weighted by atomic mass is 10.1. The van der Waals surface area contributed by atoms with Gasteiger partial charge in [-0.15, -0.1) is 0 Å². The van der Waals surface area contributed by atoms with Crippen LogP contribution in [0.25, 0.3) is 11.0 Å². The van der Waals surface area contributed by atoms with Crippen LogP contribution in [0.4, 0.5) is 10.7 Å². The van der Waals surface area contributed by atoms with Crippen LogP contribution in [0, 0.1) is 0 Å². The Bertz CT molecular complexity index is 1130. The van der Waals surface area contributed by atoms with Gasteiger partial charge < -0.3 is 19.1 Å². The number of hydrogen-bond acceptors (Lipinski definition) is 4. The van der Waals surface area contributed by atoms with Gasteiger partial charge in [0.2, 0.25) is 5.95 Å². The minimum absolute atomic E-state index is 0.0331. The normalized spacial score (nSPS) is 16.8. The molecule has 1 aliphatic rings. The molecule has 0 aliphatic carbocycles. The van der Waals surface area contributed by atoms with Gasteiger partial charge in [-0.2, -0.15) is 0 Å². The molecule has 0 unspecified atom stereocenters. The van der Waals surface area contributed by atoms with Crippen molar-refractivity contribution in [3.05, 3.63) is 58.1 Å². The van der Waals surface area contributed by atoms with E-state index in [0.717, 1.165) is 41.9 Å². The summed E-state index contributed by atoms with van der Waals surface area (Å²) in [6, 6.07) is 13.7. The molecule has 0 radical (unpaired) electrons. The number of halogens is 2. The maximum atomic E-state index is 12.7. The van der Waals surface area contributed by atoms with Crippen molar-refractivity contribution in [2.45, 2.75) is 51.8 Å². The maximum Gasteiger partial charge on any atom is 0.410 e. The highest BCUT2D eigenvalue weighted by Gasteiger charge is 2.31. The third kappa shape index (κ3) is 5.22. The number of carbonyl (C=O) groups excluding carboxylic acids is 1. The monoisotopic (exact) mass is 488 g/mol. The molecule has 4 rings (SSSR count). The number of benzene rings is 2. The number of piperidine rings is 1. The van der Waals surface area contributed by atoms with Gasteiger partial charge in [-0.3, -0.25) is 0 Å². The summed E-state index contributed by atoms with van der Waals surface area (Å²) in [7, 11) is 1.81. The first-order chi connectivity index (χ1) is 15.6. The van der Waals surface area contributed by atoms with E-state index in [-0.39, 0.29) is 12.1 Å². The summed E-state index contributed by atoms with van der Waals surface area (Å²) >= 11 is 13.0. The lowest BCUT2D eigenvalue weighted by Gasteiger charge is -2.38. The second-order valence-corrected chi connectivity index (χ2v) is 10.3. The molecule has 1 amide bonds. The number of amides is 1. The van der Waals surface area contributed by atoms with E-state index < -0.39 is 5.60 Å². The number of aromatic nitrogens is 2. The van der Waals surface area contributed by atoms with Crippen LogP contribution in [0.1, 0.15) is 39.2 Å². The first-order valence-corrected chi connectivity index (χ1v) is 12.0. The number of carbonyl (C=O) groups is 1. The third-order valence-electron chi connectivity index (χ3n) is 5.92. The smallest absolute Gasteiger partial charge is 0.410 e. The number of nitrogens with zero attached hydrogens (tertiary/aromatic N) is 4. The molecule has 33 heavy (non-hydrogen) atoms. The highest BCUT2D eigenvalue weighted by Crippen LogP contribution is 2.31. The Labute approximate surface area is 205 Å². The standard InChI is InChI=1S/C25H30Cl2N4O2/c1-25(2,3)33-24(32)29(4)17-9-8-14-30(15-17)23-28-21-12-5-6-13-22(21)31(23)16-18-19(26)10-7-11-20(18)27/h5-7,10-13,17H,8-9,14-16H2,1-4H3/t17-/m0/s1. The second-order valence-electron chi connectivity index (χ2n) is 9.52. The first-order valence-electron chi connectivity index (χ1n) is 11.2. The molecule has 0 bridgehead atoms. The van der Waals surface area contributed by atoms with Crippen molar-refractivity contribution in [2.75, 3.05) is 25.0 Å². The van der Waals surface area contributed by atoms with Crippen LogP contribution in [0.5, 0.6) is 0 Å². The number of fused-ring (bicyclic) bond motifs is 1. The van der Waals surface area contributed by atoms with E-state index in [0.29, 0.717) is 23.1 Å². The predicted molar refractivity (Wildman–Crippen MR) is 135 cm³/mol. The molecule has 176 valence electrons. The number of likely N-dealkylation sites (N-methyl/N-ethyl adjacent to an activating group) is 1. The van der Waals surface area contributed by atoms with Gasteiger partial charge in [-0.1, -0.05) is 41.4 Å². The topological polar surface area (TPSA) is 50.6 Å². The summed E-state index contributed by atoms with van der Waals surface area (Å²) in [5.41, 5.74) is 2.27. The van der Waals surface area contributed by atoms with Gasteiger partial charge in [0.05, 0.1) is 23.6 Å². The Balaban J connectivity index is 1.65. The Kier molecular flexibility index (Phi) is 6.78. The molecular weight excluding hydrogens is 459 g/mol. The summed E-state index contributed by atoms with van der Waals surface area (Å²) in [4.78, 5) is 21.6. The van der Waals surface area contributed by atoms with Crippen molar-refractivity contribution in [1.82, 2.24) is 14.5 Å². The van der Waals surface area contributed by atoms with Crippen LogP contribution in [-0.4, -0.2) is 52.3 Å². The summed E-state index contributed by atoms with van der Waals surface area (Å²) in [5, 5.41) is 1.26. The molecule has 0 spiro atoms. The molecule has 1 fully saturated rings. The molecule has 3 aromatic rings. The van der Waals surface area contributed by atoms with Crippen LogP contribution in [0.15, 0.2) is 42.5 Å². The highest BCUT2D eigenvalue weighted by atomic mass is 35.5. The van der Waals surface area contributed by atoms with Crippen LogP contribution >= 0.6 is 23.2 Å². The summed E-state index contributed by atoms with van der Waals surface area (Å²) in [6.45, 7) is 7.70. The van der Waals surface area contributed by atoms with Gasteiger partial charge in [-0.05, 0) is 57.9 Å². The van der Waals surface area contributed by atoms with E-state index in [1.165, 1.54) is 0 Å². The lowest BCUT2D eigenvalue weighted by molar-refractivity contribution is 0.0209. The van der Waals surface area contributed by atoms with E-state index in [2.05, 4.69) is 15.5 Å². The molecule has 1 atom stereocenters. The second kappa shape index (κ2) is 9.43. The SMILES string of the molecule is CN(C(=O)OC(C)(C)C)[C@H]1CCCN(c2nc3ccccc3n2Cc2c(Cl)cccc2Cl)C1. The molecule has 0 saturated carbocycles. The zero-order chi connectivity index (χ0) is 23.8. The fourth-order valence-electron chi connectivity index (χ4n) is 4.24. The number of imidazole rings is 1. The Morgan fingerprint density at radius 1 is 1.15 bits per heavy atom. The molecule has 6 nitrogen and oxygen atoms in total. The fraction of sp³-hybridized carbons (Fsp3) is 0.440. The fourth-order valence-corrected chi connectivity index (χ4v) is 4.75. The minimum atomic E-state index is -0.526. The van der Waals surface area contributed by atoms with Crippen LogP contribution < -0.4 is 4.90 Å². The van der Waals surface area contributed by atoms with Gasteiger partial charge >= 0.3 is 6.09 Å². The molecule has 1 saturated heterocycles. The molecular formula is C25H30Cl2N4O2. The highest BCUT2D eigenvalue weighted by molar-refractivity contribution is 6.36. The largest absolute Gasteiger partial charge is 0.444 e. The Hall–Kier alpha value is -2.44. The van der Waals surface area contributed by atoms with Crippen LogP contribution in [0.2, 0.25) is 10.0 Å². The number of hydrogen-bond donors (Lipinski definition) is 0. The summed E-state index contributed by atoms with van der Waals surface area (Å²) in [5.74, 6) is 0.856.